The van der Waals surface area contributed by atoms with E-state index in [0.29, 0.717) is 48.0 Å². The van der Waals surface area contributed by atoms with Gasteiger partial charge in [0.2, 0.25) is 0 Å². The molecular formula is C47H64O8. The maximum atomic E-state index is 13.1. The fourth-order valence-electron chi connectivity index (χ4n) is 7.27. The first-order valence-electron chi connectivity index (χ1n) is 20.1. The van der Waals surface area contributed by atoms with Crippen LogP contribution in [0, 0.1) is 37.5 Å². The quantitative estimate of drug-likeness (QED) is 0.0666. The van der Waals surface area contributed by atoms with Crippen molar-refractivity contribution < 1.29 is 38.0 Å². The third kappa shape index (κ3) is 16.0. The van der Waals surface area contributed by atoms with Gasteiger partial charge in [0, 0.05) is 12.8 Å². The molecular weight excluding hydrogens is 693 g/mol. The molecule has 0 N–H and O–H groups in total. The number of hydrogen-bond donors (Lipinski definition) is 0. The second-order valence-electron chi connectivity index (χ2n) is 15.9. The lowest BCUT2D eigenvalue weighted by Gasteiger charge is -2.34. The summed E-state index contributed by atoms with van der Waals surface area (Å²) in [5.41, 5.74) is 3.75. The van der Waals surface area contributed by atoms with Gasteiger partial charge in [0.05, 0.1) is 0 Å². The van der Waals surface area contributed by atoms with Gasteiger partial charge in [0.1, 0.15) is 49.4 Å². The highest BCUT2D eigenvalue weighted by molar-refractivity contribution is 5.70. The molecule has 2 unspecified atom stereocenters. The molecule has 55 heavy (non-hydrogen) atoms. The molecule has 8 nitrogen and oxygen atoms in total. The monoisotopic (exact) mass is 756 g/mol. The molecule has 2 aliphatic carbocycles. The molecule has 0 aliphatic heterocycles. The van der Waals surface area contributed by atoms with E-state index in [4.69, 9.17) is 28.4 Å². The zero-order valence-corrected chi connectivity index (χ0v) is 33.8. The van der Waals surface area contributed by atoms with Crippen LogP contribution < -0.4 is 9.47 Å². The second kappa shape index (κ2) is 22.2. The van der Waals surface area contributed by atoms with E-state index in [1.165, 1.54) is 6.42 Å². The summed E-state index contributed by atoms with van der Waals surface area (Å²) in [4.78, 5) is 26.2. The van der Waals surface area contributed by atoms with Gasteiger partial charge >= 0.3 is 11.9 Å². The fraction of sp³-hybridized carbons (Fsp3) is 0.532. The van der Waals surface area contributed by atoms with Gasteiger partial charge in [-0.3, -0.25) is 9.59 Å². The lowest BCUT2D eigenvalue weighted by Crippen LogP contribution is -2.31. The van der Waals surface area contributed by atoms with Gasteiger partial charge in [-0.2, -0.15) is 0 Å². The molecule has 2 saturated carbocycles. The van der Waals surface area contributed by atoms with Crippen molar-refractivity contribution in [2.45, 2.75) is 111 Å². The van der Waals surface area contributed by atoms with Gasteiger partial charge in [-0.1, -0.05) is 87.4 Å². The van der Waals surface area contributed by atoms with Gasteiger partial charge < -0.3 is 28.4 Å². The number of allylic oxidation sites excluding steroid dienone is 2. The number of rotatable bonds is 22. The minimum atomic E-state index is -0.557. The van der Waals surface area contributed by atoms with Crippen LogP contribution in [0.4, 0.5) is 0 Å². The van der Waals surface area contributed by atoms with Crippen LogP contribution in [0.25, 0.3) is 0 Å². The summed E-state index contributed by atoms with van der Waals surface area (Å²) < 4.78 is 35.1. The molecule has 0 radical (unpaired) electrons. The molecule has 0 spiro atoms. The number of aryl methyl sites for hydroxylation is 2. The summed E-state index contributed by atoms with van der Waals surface area (Å²) >= 11 is 0. The lowest BCUT2D eigenvalue weighted by atomic mass is 9.72. The third-order valence-electron chi connectivity index (χ3n) is 10.9. The zero-order chi connectivity index (χ0) is 39.7. The van der Waals surface area contributed by atoms with Crippen molar-refractivity contribution in [3.05, 3.63) is 109 Å². The fourth-order valence-corrected chi connectivity index (χ4v) is 7.27. The van der Waals surface area contributed by atoms with Crippen molar-refractivity contribution in [2.24, 2.45) is 23.7 Å². The van der Waals surface area contributed by atoms with E-state index in [0.717, 1.165) is 85.1 Å². The van der Waals surface area contributed by atoms with Crippen LogP contribution in [-0.2, 0) is 28.5 Å². The number of carbonyl (C=O) groups excluding carboxylic acids is 2. The Kier molecular flexibility index (Phi) is 17.5. The Balaban J connectivity index is 1.15. The average molecular weight is 757 g/mol. The number of esters is 2. The summed E-state index contributed by atoms with van der Waals surface area (Å²) in [6.07, 6.45) is 9.61. The molecule has 0 saturated heterocycles. The highest BCUT2D eigenvalue weighted by Gasteiger charge is 2.30. The summed E-state index contributed by atoms with van der Waals surface area (Å²) in [7, 11) is 0. The van der Waals surface area contributed by atoms with E-state index in [1.54, 1.807) is 0 Å². The molecule has 0 aromatic heterocycles. The van der Waals surface area contributed by atoms with Gasteiger partial charge in [-0.25, -0.2) is 0 Å². The van der Waals surface area contributed by atoms with Gasteiger partial charge in [-0.05, 0) is 119 Å². The standard InChI is InChI=1S/C47H64O8/c1-32(2)36(7)50-28-44(30-52-42-21-9-34(5)10-22-42)54-46(48)26-40-17-13-38(14-18-40)25-39-15-19-41(20-16-39)27-47(49)55-45(29-51-37(8)33(3)4)31-53-43-23-11-35(6)12-24-43/h9-12,21-24,38-41,44-45H,1,3,7-8,13-20,25-31H2,2,4-6H3. The van der Waals surface area contributed by atoms with Gasteiger partial charge in [0.15, 0.2) is 12.2 Å². The summed E-state index contributed by atoms with van der Waals surface area (Å²) in [6.45, 7) is 23.9. The minimum absolute atomic E-state index is 0.158. The Hall–Kier alpha value is -4.46. The van der Waals surface area contributed by atoms with E-state index in [1.807, 2.05) is 76.2 Å². The molecule has 8 heteroatoms. The maximum Gasteiger partial charge on any atom is 0.306 e. The van der Waals surface area contributed by atoms with Crippen molar-refractivity contribution in [1.29, 1.82) is 0 Å². The van der Waals surface area contributed by atoms with Crippen LogP contribution in [0.15, 0.2) is 97.5 Å². The van der Waals surface area contributed by atoms with Gasteiger partial charge in [0.25, 0.3) is 0 Å². The molecule has 2 fully saturated rings. The summed E-state index contributed by atoms with van der Waals surface area (Å²) in [5.74, 6) is 3.98. The highest BCUT2D eigenvalue weighted by Crippen LogP contribution is 2.40. The molecule has 0 bridgehead atoms. The Morgan fingerprint density at radius 2 is 0.873 bits per heavy atom. The van der Waals surface area contributed by atoms with Gasteiger partial charge in [-0.15, -0.1) is 0 Å². The molecule has 2 aromatic rings. The maximum absolute atomic E-state index is 13.1. The first kappa shape index (κ1) is 43.3. The third-order valence-corrected chi connectivity index (χ3v) is 10.9. The molecule has 300 valence electrons. The van der Waals surface area contributed by atoms with E-state index < -0.39 is 12.2 Å². The minimum Gasteiger partial charge on any atom is -0.490 e. The molecule has 2 atom stereocenters. The Bertz CT molecular complexity index is 1440. The Labute approximate surface area is 329 Å². The van der Waals surface area contributed by atoms with Crippen LogP contribution in [-0.4, -0.2) is 50.6 Å². The summed E-state index contributed by atoms with van der Waals surface area (Å²) in [6, 6.07) is 15.6. The van der Waals surface area contributed by atoms with E-state index >= 15 is 0 Å². The number of carbonyl (C=O) groups is 2. The highest BCUT2D eigenvalue weighted by atomic mass is 16.6. The van der Waals surface area contributed by atoms with Crippen molar-refractivity contribution in [3.8, 4) is 11.5 Å². The number of benzene rings is 2. The smallest absolute Gasteiger partial charge is 0.306 e. The zero-order valence-electron chi connectivity index (χ0n) is 33.8. The van der Waals surface area contributed by atoms with Crippen molar-refractivity contribution >= 4 is 11.9 Å². The van der Waals surface area contributed by atoms with Crippen molar-refractivity contribution in [1.82, 2.24) is 0 Å². The molecule has 0 amide bonds. The molecule has 2 aromatic carbocycles. The van der Waals surface area contributed by atoms with Crippen LogP contribution >= 0.6 is 0 Å². The van der Waals surface area contributed by atoms with Crippen LogP contribution in [0.3, 0.4) is 0 Å². The number of hydrogen-bond acceptors (Lipinski definition) is 8. The lowest BCUT2D eigenvalue weighted by molar-refractivity contribution is -0.155. The van der Waals surface area contributed by atoms with Crippen LogP contribution in [0.5, 0.6) is 11.5 Å². The molecule has 0 heterocycles. The normalized spacial score (nSPS) is 20.6. The first-order chi connectivity index (χ1) is 26.3. The summed E-state index contributed by atoms with van der Waals surface area (Å²) in [5, 5.41) is 0. The van der Waals surface area contributed by atoms with Crippen LogP contribution in [0.2, 0.25) is 0 Å². The molecule has 4 rings (SSSR count). The van der Waals surface area contributed by atoms with E-state index in [2.05, 4.69) is 26.3 Å². The predicted molar refractivity (Wildman–Crippen MR) is 218 cm³/mol. The average Bonchev–Trinajstić information content (AvgIpc) is 3.16. The SMILES string of the molecule is C=C(C)C(=C)OCC(COc1ccc(C)cc1)OC(=O)CC1CCC(CC2CCC(CC(=O)OC(COC(=C)C(=C)C)COc3ccc(C)cc3)CC2)CC1. The topological polar surface area (TPSA) is 89.5 Å². The van der Waals surface area contributed by atoms with Crippen molar-refractivity contribution in [2.75, 3.05) is 26.4 Å². The van der Waals surface area contributed by atoms with Crippen LogP contribution in [0.1, 0.15) is 95.6 Å². The number of ether oxygens (including phenoxy) is 6. The molecule has 2 aliphatic rings. The largest absolute Gasteiger partial charge is 0.490 e. The van der Waals surface area contributed by atoms with E-state index in [9.17, 15) is 9.59 Å². The second-order valence-corrected chi connectivity index (χ2v) is 15.9. The first-order valence-corrected chi connectivity index (χ1v) is 20.1. The Morgan fingerprint density at radius 1 is 0.545 bits per heavy atom. The Morgan fingerprint density at radius 3 is 1.20 bits per heavy atom. The van der Waals surface area contributed by atoms with Crippen molar-refractivity contribution in [3.63, 3.8) is 0 Å². The predicted octanol–water partition coefficient (Wildman–Crippen LogP) is 10.6. The van der Waals surface area contributed by atoms with E-state index in [-0.39, 0.29) is 38.4 Å².